The molecule has 0 aliphatic rings. The van der Waals surface area contributed by atoms with Crippen molar-refractivity contribution in [2.24, 2.45) is 0 Å². The van der Waals surface area contributed by atoms with Crippen molar-refractivity contribution in [3.05, 3.63) is 95.1 Å². The molecule has 0 aliphatic heterocycles. The van der Waals surface area contributed by atoms with E-state index in [1.165, 1.54) is 5.56 Å². The molecule has 138 valence electrons. The highest BCUT2D eigenvalue weighted by atomic mass is 31.1. The van der Waals surface area contributed by atoms with Crippen molar-refractivity contribution in [2.45, 2.75) is 31.8 Å². The Balaban J connectivity index is 1.97. The van der Waals surface area contributed by atoms with Gasteiger partial charge in [0.25, 0.3) is 0 Å². The number of hydrogen-bond acceptors (Lipinski definition) is 2. The van der Waals surface area contributed by atoms with Crippen LogP contribution in [-0.4, -0.2) is 11.4 Å². The highest BCUT2D eigenvalue weighted by Gasteiger charge is 2.29. The average molecular weight is 376 g/mol. The normalized spacial score (nSPS) is 13.6. The van der Waals surface area contributed by atoms with Gasteiger partial charge in [-0.25, -0.2) is 0 Å². The van der Waals surface area contributed by atoms with Crippen LogP contribution < -0.4 is 5.30 Å². The second kappa shape index (κ2) is 8.50. The number of aldehydes is 1. The molecule has 0 aliphatic carbocycles. The summed E-state index contributed by atoms with van der Waals surface area (Å²) in [5.41, 5.74) is 3.80. The number of phenols is 1. The number of benzene rings is 3. The minimum Gasteiger partial charge on any atom is -0.507 e. The summed E-state index contributed by atoms with van der Waals surface area (Å²) in [5.74, 6) is 0.377. The Morgan fingerprint density at radius 1 is 0.963 bits per heavy atom. The zero-order chi connectivity index (χ0) is 19.3. The van der Waals surface area contributed by atoms with E-state index in [1.807, 2.05) is 60.7 Å². The van der Waals surface area contributed by atoms with Gasteiger partial charge < -0.3 is 5.11 Å². The summed E-state index contributed by atoms with van der Waals surface area (Å²) in [5, 5.41) is 11.9. The second-order valence-corrected chi connectivity index (χ2v) is 8.88. The molecule has 0 saturated heterocycles. The summed E-state index contributed by atoms with van der Waals surface area (Å²) in [6.07, 6.45) is 2.50. The summed E-state index contributed by atoms with van der Waals surface area (Å²) >= 11 is 0. The Labute approximate surface area is 163 Å². The van der Waals surface area contributed by atoms with E-state index in [0.717, 1.165) is 34.7 Å². The first-order chi connectivity index (χ1) is 13.1. The third kappa shape index (κ3) is 4.28. The maximum absolute atomic E-state index is 11.4. The summed E-state index contributed by atoms with van der Waals surface area (Å²) < 4.78 is 0. The Morgan fingerprint density at radius 2 is 1.67 bits per heavy atom. The minimum atomic E-state index is -0.226. The van der Waals surface area contributed by atoms with Crippen molar-refractivity contribution in [2.75, 3.05) is 0 Å². The Bertz CT molecular complexity index is 921. The maximum atomic E-state index is 11.4. The number of carbonyl (C=O) groups is 1. The molecule has 3 aromatic rings. The van der Waals surface area contributed by atoms with Crippen molar-refractivity contribution in [1.82, 2.24) is 0 Å². The van der Waals surface area contributed by atoms with Gasteiger partial charge in [0, 0.05) is 22.7 Å². The molecule has 2 nitrogen and oxygen atoms in total. The number of para-hydroxylation sites is 1. The number of aromatic hydroxyl groups is 1. The molecule has 0 saturated carbocycles. The van der Waals surface area contributed by atoms with Crippen LogP contribution in [0.15, 0.2) is 72.8 Å². The summed E-state index contributed by atoms with van der Waals surface area (Å²) in [4.78, 5) is 11.4. The predicted molar refractivity (Wildman–Crippen MR) is 115 cm³/mol. The van der Waals surface area contributed by atoms with Gasteiger partial charge in [0.1, 0.15) is 5.75 Å². The van der Waals surface area contributed by atoms with Gasteiger partial charge in [0.05, 0.1) is 0 Å². The molecular weight excluding hydrogens is 351 g/mol. The smallest absolute Gasteiger partial charge is 0.150 e. The molecule has 3 heteroatoms. The van der Waals surface area contributed by atoms with Gasteiger partial charge in [0.2, 0.25) is 0 Å². The molecule has 0 fully saturated rings. The van der Waals surface area contributed by atoms with Gasteiger partial charge >= 0.3 is 0 Å². The third-order valence-corrected chi connectivity index (χ3v) is 7.06. The summed E-state index contributed by atoms with van der Waals surface area (Å²) in [7, 11) is 0.401. The molecule has 3 rings (SSSR count). The first-order valence-corrected chi connectivity index (χ1v) is 10.2. The molecule has 0 heterocycles. The van der Waals surface area contributed by atoms with Crippen LogP contribution in [0.4, 0.5) is 0 Å². The lowest BCUT2D eigenvalue weighted by Gasteiger charge is -2.31. The average Bonchev–Trinajstić information content (AvgIpc) is 2.70. The van der Waals surface area contributed by atoms with Gasteiger partial charge in [-0.1, -0.05) is 95.2 Å². The predicted octanol–water partition coefficient (Wildman–Crippen LogP) is 5.42. The minimum absolute atomic E-state index is 0.226. The summed E-state index contributed by atoms with van der Waals surface area (Å²) in [6.45, 7) is 4.31. The van der Waals surface area contributed by atoms with E-state index in [9.17, 15) is 9.90 Å². The van der Waals surface area contributed by atoms with Crippen molar-refractivity contribution in [3.8, 4) is 5.75 Å². The largest absolute Gasteiger partial charge is 0.507 e. The second-order valence-electron chi connectivity index (χ2n) is 6.99. The Kier molecular flexibility index (Phi) is 6.08. The Hall–Kier alpha value is -2.44. The first kappa shape index (κ1) is 19.3. The zero-order valence-electron chi connectivity index (χ0n) is 15.8. The van der Waals surface area contributed by atoms with Gasteiger partial charge in [-0.3, -0.25) is 4.79 Å². The van der Waals surface area contributed by atoms with Crippen molar-refractivity contribution in [3.63, 3.8) is 0 Å². The van der Waals surface area contributed by atoms with Gasteiger partial charge in [-0.2, -0.15) is 0 Å². The van der Waals surface area contributed by atoms with Crippen LogP contribution in [0.5, 0.6) is 5.75 Å². The van der Waals surface area contributed by atoms with Crippen LogP contribution >= 0.6 is 8.58 Å². The number of rotatable bonds is 7. The standard InChI is InChI=1S/C24H25O2P/c1-3-24(2,27-22-15-8-7-12-20(22)17-25)21-14-9-13-19(23(21)26)16-18-10-5-4-6-11-18/h4-15,17,26-27H,3,16H2,1-2H3. The van der Waals surface area contributed by atoms with Crippen molar-refractivity contribution >= 4 is 20.2 Å². The van der Waals surface area contributed by atoms with E-state index < -0.39 is 0 Å². The van der Waals surface area contributed by atoms with Crippen LogP contribution in [0.1, 0.15) is 47.3 Å². The SMILES string of the molecule is CCC(C)(Pc1ccccc1C=O)c1cccc(Cc2ccccc2)c1O. The van der Waals surface area contributed by atoms with Crippen LogP contribution in [0, 0.1) is 0 Å². The topological polar surface area (TPSA) is 37.3 Å². The van der Waals surface area contributed by atoms with Gasteiger partial charge in [0.15, 0.2) is 6.29 Å². The maximum Gasteiger partial charge on any atom is 0.150 e. The highest BCUT2D eigenvalue weighted by molar-refractivity contribution is 7.48. The van der Waals surface area contributed by atoms with E-state index in [4.69, 9.17) is 0 Å². The van der Waals surface area contributed by atoms with Crippen LogP contribution in [-0.2, 0) is 11.6 Å². The van der Waals surface area contributed by atoms with E-state index in [-0.39, 0.29) is 5.16 Å². The van der Waals surface area contributed by atoms with E-state index in [1.54, 1.807) is 0 Å². The molecule has 1 N–H and O–H groups in total. The lowest BCUT2D eigenvalue weighted by atomic mass is 9.92. The van der Waals surface area contributed by atoms with Crippen LogP contribution in [0.25, 0.3) is 0 Å². The lowest BCUT2D eigenvalue weighted by Crippen LogP contribution is -2.20. The molecule has 2 atom stereocenters. The first-order valence-electron chi connectivity index (χ1n) is 9.25. The fourth-order valence-electron chi connectivity index (χ4n) is 3.35. The quantitative estimate of drug-likeness (QED) is 0.441. The fraction of sp³-hybridized carbons (Fsp3) is 0.208. The van der Waals surface area contributed by atoms with Gasteiger partial charge in [-0.15, -0.1) is 0 Å². The van der Waals surface area contributed by atoms with Crippen LogP contribution in [0.3, 0.4) is 0 Å². The van der Waals surface area contributed by atoms with E-state index >= 15 is 0 Å². The molecule has 3 aromatic carbocycles. The molecule has 0 radical (unpaired) electrons. The fourth-order valence-corrected chi connectivity index (χ4v) is 4.93. The van der Waals surface area contributed by atoms with Gasteiger partial charge in [-0.05, 0) is 22.9 Å². The molecule has 0 spiro atoms. The monoisotopic (exact) mass is 376 g/mol. The third-order valence-electron chi connectivity index (χ3n) is 5.16. The molecule has 0 bridgehead atoms. The van der Waals surface area contributed by atoms with E-state index in [2.05, 4.69) is 26.0 Å². The van der Waals surface area contributed by atoms with Crippen molar-refractivity contribution < 1.29 is 9.90 Å². The number of carbonyl (C=O) groups excluding carboxylic acids is 1. The molecule has 2 unspecified atom stereocenters. The molecular formula is C24H25O2P. The number of phenolic OH excluding ortho intramolecular Hbond substituents is 1. The van der Waals surface area contributed by atoms with Crippen LogP contribution in [0.2, 0.25) is 0 Å². The lowest BCUT2D eigenvalue weighted by molar-refractivity contribution is 0.112. The Morgan fingerprint density at radius 3 is 2.37 bits per heavy atom. The molecule has 27 heavy (non-hydrogen) atoms. The number of hydrogen-bond donors (Lipinski definition) is 1. The van der Waals surface area contributed by atoms with Crippen molar-refractivity contribution in [1.29, 1.82) is 0 Å². The zero-order valence-corrected chi connectivity index (χ0v) is 16.8. The van der Waals surface area contributed by atoms with E-state index in [0.29, 0.717) is 20.8 Å². The highest BCUT2D eigenvalue weighted by Crippen LogP contribution is 2.48. The summed E-state index contributed by atoms with van der Waals surface area (Å²) in [6, 6.07) is 24.0. The molecule has 0 aromatic heterocycles. The molecule has 0 amide bonds.